The van der Waals surface area contributed by atoms with Crippen LogP contribution in [0.5, 0.6) is 0 Å². The van der Waals surface area contributed by atoms with Crippen molar-refractivity contribution in [2.75, 3.05) is 13.2 Å². The number of rotatable bonds is 7. The smallest absolute Gasteiger partial charge is 0.220 e. The molecule has 0 spiro atoms. The van der Waals surface area contributed by atoms with Crippen LogP contribution in [0.25, 0.3) is 0 Å². The lowest BCUT2D eigenvalue weighted by Crippen LogP contribution is -2.34. The maximum absolute atomic E-state index is 11.7. The molecule has 0 bridgehead atoms. The SMILES string of the molecule is CC(C)(CCO)CNC(=O)CCc1ccc(Cl)cc1. The third-order valence-corrected chi connectivity index (χ3v) is 3.36. The van der Waals surface area contributed by atoms with Gasteiger partial charge in [-0.25, -0.2) is 0 Å². The summed E-state index contributed by atoms with van der Waals surface area (Å²) in [7, 11) is 0. The van der Waals surface area contributed by atoms with E-state index in [0.717, 1.165) is 5.56 Å². The third kappa shape index (κ3) is 6.60. The zero-order valence-corrected chi connectivity index (χ0v) is 12.3. The van der Waals surface area contributed by atoms with Crippen molar-refractivity contribution in [1.82, 2.24) is 5.32 Å². The fraction of sp³-hybridized carbons (Fsp3) is 0.533. The molecule has 0 aromatic heterocycles. The van der Waals surface area contributed by atoms with Gasteiger partial charge in [0.1, 0.15) is 0 Å². The molecule has 2 N–H and O–H groups in total. The third-order valence-electron chi connectivity index (χ3n) is 3.11. The molecule has 0 saturated heterocycles. The van der Waals surface area contributed by atoms with Gasteiger partial charge in [0.25, 0.3) is 0 Å². The number of carbonyl (C=O) groups is 1. The van der Waals surface area contributed by atoms with Crippen LogP contribution in [0.2, 0.25) is 5.02 Å². The van der Waals surface area contributed by atoms with Crippen molar-refractivity contribution in [1.29, 1.82) is 0 Å². The van der Waals surface area contributed by atoms with Gasteiger partial charge >= 0.3 is 0 Å². The number of hydrogen-bond donors (Lipinski definition) is 2. The Bertz CT molecular complexity index is 401. The van der Waals surface area contributed by atoms with E-state index in [2.05, 4.69) is 5.32 Å². The second-order valence-electron chi connectivity index (χ2n) is 5.54. The van der Waals surface area contributed by atoms with E-state index in [1.165, 1.54) is 0 Å². The number of amides is 1. The van der Waals surface area contributed by atoms with E-state index in [4.69, 9.17) is 16.7 Å². The van der Waals surface area contributed by atoms with Gasteiger partial charge in [-0.1, -0.05) is 37.6 Å². The average Bonchev–Trinajstić information content (AvgIpc) is 2.36. The molecule has 0 aliphatic carbocycles. The van der Waals surface area contributed by atoms with Crippen LogP contribution in [-0.2, 0) is 11.2 Å². The summed E-state index contributed by atoms with van der Waals surface area (Å²) in [6.07, 6.45) is 1.87. The molecule has 1 aromatic rings. The molecule has 3 nitrogen and oxygen atoms in total. The lowest BCUT2D eigenvalue weighted by molar-refractivity contribution is -0.121. The molecule has 0 fully saturated rings. The van der Waals surface area contributed by atoms with Crippen LogP contribution in [0.3, 0.4) is 0 Å². The van der Waals surface area contributed by atoms with Crippen LogP contribution in [0.4, 0.5) is 0 Å². The van der Waals surface area contributed by atoms with Gasteiger partial charge in [-0.2, -0.15) is 0 Å². The Balaban J connectivity index is 2.30. The topological polar surface area (TPSA) is 49.3 Å². The fourth-order valence-corrected chi connectivity index (χ4v) is 1.85. The van der Waals surface area contributed by atoms with E-state index in [-0.39, 0.29) is 17.9 Å². The summed E-state index contributed by atoms with van der Waals surface area (Å²) in [4.78, 5) is 11.7. The first-order valence-corrected chi connectivity index (χ1v) is 6.93. The molecule has 0 aliphatic rings. The van der Waals surface area contributed by atoms with Crippen LogP contribution in [0.15, 0.2) is 24.3 Å². The molecular formula is C15H22ClNO2. The number of halogens is 1. The molecule has 1 amide bonds. The van der Waals surface area contributed by atoms with E-state index < -0.39 is 0 Å². The Morgan fingerprint density at radius 1 is 1.32 bits per heavy atom. The molecule has 0 unspecified atom stereocenters. The molecule has 1 rings (SSSR count). The highest BCUT2D eigenvalue weighted by molar-refractivity contribution is 6.30. The largest absolute Gasteiger partial charge is 0.396 e. The second kappa shape index (κ2) is 7.51. The molecule has 106 valence electrons. The Hall–Kier alpha value is -1.06. The van der Waals surface area contributed by atoms with Crippen molar-refractivity contribution in [3.8, 4) is 0 Å². The average molecular weight is 284 g/mol. The minimum atomic E-state index is -0.0648. The summed E-state index contributed by atoms with van der Waals surface area (Å²) in [6.45, 7) is 4.80. The van der Waals surface area contributed by atoms with Gasteiger partial charge in [0.15, 0.2) is 0 Å². The summed E-state index contributed by atoms with van der Waals surface area (Å²) in [5.41, 5.74) is 1.04. The summed E-state index contributed by atoms with van der Waals surface area (Å²) in [6, 6.07) is 7.54. The molecular weight excluding hydrogens is 262 g/mol. The Kier molecular flexibility index (Phi) is 6.32. The zero-order chi connectivity index (χ0) is 14.3. The Labute approximate surface area is 120 Å². The van der Waals surface area contributed by atoms with Crippen LogP contribution in [0, 0.1) is 5.41 Å². The standard InChI is InChI=1S/C15H22ClNO2/c1-15(2,9-10-18)11-17-14(19)8-5-12-3-6-13(16)7-4-12/h3-4,6-7,18H,5,8-11H2,1-2H3,(H,17,19). The summed E-state index contributed by atoms with van der Waals surface area (Å²) >= 11 is 5.80. The number of aryl methyl sites for hydroxylation is 1. The zero-order valence-electron chi connectivity index (χ0n) is 11.6. The highest BCUT2D eigenvalue weighted by Crippen LogP contribution is 2.18. The second-order valence-corrected chi connectivity index (χ2v) is 5.98. The van der Waals surface area contributed by atoms with Crippen LogP contribution < -0.4 is 5.32 Å². The summed E-state index contributed by atoms with van der Waals surface area (Å²) in [5.74, 6) is 0.0426. The highest BCUT2D eigenvalue weighted by Gasteiger charge is 2.17. The van der Waals surface area contributed by atoms with E-state index in [0.29, 0.717) is 30.8 Å². The minimum absolute atomic E-state index is 0.0426. The maximum Gasteiger partial charge on any atom is 0.220 e. The molecule has 0 aliphatic heterocycles. The monoisotopic (exact) mass is 283 g/mol. The maximum atomic E-state index is 11.7. The van der Waals surface area contributed by atoms with Crippen LogP contribution >= 0.6 is 11.6 Å². The Morgan fingerprint density at radius 2 is 1.95 bits per heavy atom. The van der Waals surface area contributed by atoms with Gasteiger partial charge in [-0.3, -0.25) is 4.79 Å². The summed E-state index contributed by atoms with van der Waals surface area (Å²) in [5, 5.41) is 12.5. The minimum Gasteiger partial charge on any atom is -0.396 e. The van der Waals surface area contributed by atoms with E-state index in [1.54, 1.807) is 0 Å². The fourth-order valence-electron chi connectivity index (χ4n) is 1.73. The number of carbonyl (C=O) groups excluding carboxylic acids is 1. The van der Waals surface area contributed by atoms with E-state index >= 15 is 0 Å². The van der Waals surface area contributed by atoms with Gasteiger partial charge in [-0.05, 0) is 36.0 Å². The van der Waals surface area contributed by atoms with E-state index in [9.17, 15) is 4.79 Å². The Morgan fingerprint density at radius 3 is 2.53 bits per heavy atom. The van der Waals surface area contributed by atoms with Crippen LogP contribution in [0.1, 0.15) is 32.3 Å². The molecule has 19 heavy (non-hydrogen) atoms. The first-order valence-electron chi connectivity index (χ1n) is 6.55. The molecule has 0 heterocycles. The molecule has 0 saturated carbocycles. The van der Waals surface area contributed by atoms with Gasteiger partial charge < -0.3 is 10.4 Å². The first kappa shape index (κ1) is 16.0. The van der Waals surface area contributed by atoms with Crippen molar-refractivity contribution >= 4 is 17.5 Å². The quantitative estimate of drug-likeness (QED) is 0.808. The van der Waals surface area contributed by atoms with Crippen molar-refractivity contribution in [3.05, 3.63) is 34.9 Å². The van der Waals surface area contributed by atoms with Crippen molar-refractivity contribution in [2.45, 2.75) is 33.1 Å². The molecule has 1 aromatic carbocycles. The number of benzene rings is 1. The number of aliphatic hydroxyl groups excluding tert-OH is 1. The van der Waals surface area contributed by atoms with Crippen molar-refractivity contribution in [2.24, 2.45) is 5.41 Å². The molecule has 0 atom stereocenters. The number of nitrogens with one attached hydrogen (secondary N) is 1. The summed E-state index contributed by atoms with van der Waals surface area (Å²) < 4.78 is 0. The van der Waals surface area contributed by atoms with Gasteiger partial charge in [0, 0.05) is 24.6 Å². The van der Waals surface area contributed by atoms with Gasteiger partial charge in [0.05, 0.1) is 0 Å². The number of aliphatic hydroxyl groups is 1. The van der Waals surface area contributed by atoms with Crippen LogP contribution in [-0.4, -0.2) is 24.2 Å². The first-order chi connectivity index (χ1) is 8.93. The van der Waals surface area contributed by atoms with Crippen molar-refractivity contribution in [3.63, 3.8) is 0 Å². The highest BCUT2D eigenvalue weighted by atomic mass is 35.5. The van der Waals surface area contributed by atoms with Gasteiger partial charge in [0.2, 0.25) is 5.91 Å². The van der Waals surface area contributed by atoms with Crippen molar-refractivity contribution < 1.29 is 9.90 Å². The lowest BCUT2D eigenvalue weighted by atomic mass is 9.90. The molecule has 0 radical (unpaired) electrons. The van der Waals surface area contributed by atoms with Gasteiger partial charge in [-0.15, -0.1) is 0 Å². The molecule has 4 heteroatoms. The predicted molar refractivity (Wildman–Crippen MR) is 78.3 cm³/mol. The predicted octanol–water partition coefficient (Wildman–Crippen LogP) is 2.80. The lowest BCUT2D eigenvalue weighted by Gasteiger charge is -2.23. The normalized spacial score (nSPS) is 11.4. The van der Waals surface area contributed by atoms with E-state index in [1.807, 2.05) is 38.1 Å². The number of hydrogen-bond acceptors (Lipinski definition) is 2.